The smallest absolute Gasteiger partial charge is 0.130 e. The van der Waals surface area contributed by atoms with E-state index in [9.17, 15) is 0 Å². The van der Waals surface area contributed by atoms with Crippen molar-refractivity contribution in [2.45, 2.75) is 33.1 Å². The van der Waals surface area contributed by atoms with Gasteiger partial charge >= 0.3 is 0 Å². The normalized spacial score (nSPS) is 10.8. The van der Waals surface area contributed by atoms with E-state index in [1.807, 2.05) is 19.1 Å². The topological polar surface area (TPSA) is 18.5 Å². The van der Waals surface area contributed by atoms with E-state index in [-0.39, 0.29) is 0 Å². The van der Waals surface area contributed by atoms with Crippen molar-refractivity contribution >= 4 is 26.7 Å². The Balaban J connectivity index is 2.22. The van der Waals surface area contributed by atoms with Crippen LogP contribution >= 0.6 is 15.9 Å². The first-order valence-corrected chi connectivity index (χ1v) is 8.74. The van der Waals surface area contributed by atoms with Crippen molar-refractivity contribution in [2.75, 3.05) is 18.5 Å². The van der Waals surface area contributed by atoms with Gasteiger partial charge in [-0.05, 0) is 44.7 Å². The van der Waals surface area contributed by atoms with Crippen LogP contribution < -0.4 is 9.47 Å². The standard InChI is InChI=1S/C18H23BrO2/c1-3-20-18-14(2)13-17(21-12-8-4-7-11-19)15-9-5-6-10-16(15)18/h5-6,9-10,13H,3-4,7-8,11-12H2,1-2H3. The van der Waals surface area contributed by atoms with E-state index in [1.54, 1.807) is 0 Å². The predicted octanol–water partition coefficient (Wildman–Crippen LogP) is 5.49. The van der Waals surface area contributed by atoms with Crippen LogP contribution in [0.3, 0.4) is 0 Å². The summed E-state index contributed by atoms with van der Waals surface area (Å²) in [6.45, 7) is 5.54. The van der Waals surface area contributed by atoms with Crippen LogP contribution in [0, 0.1) is 6.92 Å². The highest BCUT2D eigenvalue weighted by Crippen LogP contribution is 2.36. The van der Waals surface area contributed by atoms with Crippen LogP contribution in [0.5, 0.6) is 11.5 Å². The Kier molecular flexibility index (Phi) is 6.37. The number of halogens is 1. The van der Waals surface area contributed by atoms with Gasteiger partial charge in [-0.3, -0.25) is 0 Å². The molecule has 114 valence electrons. The molecule has 0 unspecified atom stereocenters. The maximum atomic E-state index is 6.01. The fraction of sp³-hybridized carbons (Fsp3) is 0.444. The number of hydrogen-bond acceptors (Lipinski definition) is 2. The largest absolute Gasteiger partial charge is 0.493 e. The number of benzene rings is 2. The molecule has 0 amide bonds. The number of hydrogen-bond donors (Lipinski definition) is 0. The molecule has 0 radical (unpaired) electrons. The minimum atomic E-state index is 0.678. The Labute approximate surface area is 135 Å². The van der Waals surface area contributed by atoms with Crippen LogP contribution in [0.15, 0.2) is 30.3 Å². The molecule has 0 bridgehead atoms. The van der Waals surface area contributed by atoms with E-state index in [2.05, 4.69) is 41.1 Å². The van der Waals surface area contributed by atoms with Gasteiger partial charge in [-0.25, -0.2) is 0 Å². The maximum Gasteiger partial charge on any atom is 0.130 e. The molecular formula is C18H23BrO2. The van der Waals surface area contributed by atoms with E-state index >= 15 is 0 Å². The third-order valence-electron chi connectivity index (χ3n) is 3.47. The summed E-state index contributed by atoms with van der Waals surface area (Å²) in [6, 6.07) is 10.4. The second kappa shape index (κ2) is 8.28. The van der Waals surface area contributed by atoms with Crippen LogP contribution in [0.25, 0.3) is 10.8 Å². The fourth-order valence-electron chi connectivity index (χ4n) is 2.46. The molecule has 21 heavy (non-hydrogen) atoms. The lowest BCUT2D eigenvalue weighted by atomic mass is 10.0. The summed E-state index contributed by atoms with van der Waals surface area (Å²) in [7, 11) is 0. The Morgan fingerprint density at radius 1 is 1.00 bits per heavy atom. The number of fused-ring (bicyclic) bond motifs is 1. The van der Waals surface area contributed by atoms with Crippen molar-refractivity contribution in [1.82, 2.24) is 0 Å². The summed E-state index contributed by atoms with van der Waals surface area (Å²) in [6.07, 6.45) is 3.48. The Hall–Kier alpha value is -1.22. The van der Waals surface area contributed by atoms with Gasteiger partial charge in [0.05, 0.1) is 13.2 Å². The fourth-order valence-corrected chi connectivity index (χ4v) is 2.86. The average molecular weight is 351 g/mol. The molecule has 2 aromatic rings. The van der Waals surface area contributed by atoms with Crippen molar-refractivity contribution < 1.29 is 9.47 Å². The van der Waals surface area contributed by atoms with Gasteiger partial charge < -0.3 is 9.47 Å². The lowest BCUT2D eigenvalue weighted by Gasteiger charge is -2.15. The summed E-state index contributed by atoms with van der Waals surface area (Å²) in [4.78, 5) is 0. The van der Waals surface area contributed by atoms with Crippen LogP contribution in [-0.2, 0) is 0 Å². The van der Waals surface area contributed by atoms with Gasteiger partial charge in [0, 0.05) is 16.1 Å². The van der Waals surface area contributed by atoms with Crippen molar-refractivity contribution in [1.29, 1.82) is 0 Å². The maximum absolute atomic E-state index is 6.01. The molecule has 2 rings (SSSR count). The summed E-state index contributed by atoms with van der Waals surface area (Å²) in [5, 5.41) is 3.33. The number of ether oxygens (including phenoxy) is 2. The Bertz CT molecular complexity index is 581. The zero-order valence-electron chi connectivity index (χ0n) is 12.8. The van der Waals surface area contributed by atoms with Crippen molar-refractivity contribution in [3.63, 3.8) is 0 Å². The lowest BCUT2D eigenvalue weighted by Crippen LogP contribution is -2.01. The second-order valence-corrected chi connectivity index (χ2v) is 5.89. The minimum Gasteiger partial charge on any atom is -0.493 e. The minimum absolute atomic E-state index is 0.678. The zero-order valence-corrected chi connectivity index (χ0v) is 14.4. The van der Waals surface area contributed by atoms with Crippen molar-refractivity contribution in [2.24, 2.45) is 0 Å². The predicted molar refractivity (Wildman–Crippen MR) is 93.0 cm³/mol. The van der Waals surface area contributed by atoms with Gasteiger partial charge in [-0.15, -0.1) is 0 Å². The molecule has 2 aromatic carbocycles. The first-order chi connectivity index (χ1) is 10.3. The molecule has 0 saturated heterocycles. The highest BCUT2D eigenvalue weighted by Gasteiger charge is 2.11. The van der Waals surface area contributed by atoms with Gasteiger partial charge in [0.1, 0.15) is 11.5 Å². The van der Waals surface area contributed by atoms with E-state index in [1.165, 1.54) is 12.8 Å². The first kappa shape index (κ1) is 16.2. The molecule has 0 aliphatic carbocycles. The lowest BCUT2D eigenvalue weighted by molar-refractivity contribution is 0.308. The quantitative estimate of drug-likeness (QED) is 0.462. The monoisotopic (exact) mass is 350 g/mol. The van der Waals surface area contributed by atoms with Crippen LogP contribution in [0.2, 0.25) is 0 Å². The first-order valence-electron chi connectivity index (χ1n) is 7.61. The van der Waals surface area contributed by atoms with Gasteiger partial charge in [0.15, 0.2) is 0 Å². The highest BCUT2D eigenvalue weighted by molar-refractivity contribution is 9.09. The number of alkyl halides is 1. The third kappa shape index (κ3) is 4.13. The molecule has 2 nitrogen and oxygen atoms in total. The van der Waals surface area contributed by atoms with E-state index in [0.717, 1.165) is 46.2 Å². The second-order valence-electron chi connectivity index (χ2n) is 5.10. The molecule has 0 spiro atoms. The van der Waals surface area contributed by atoms with Gasteiger partial charge in [-0.1, -0.05) is 40.2 Å². The molecule has 0 aliphatic heterocycles. The Morgan fingerprint density at radius 3 is 2.48 bits per heavy atom. The number of rotatable bonds is 8. The molecule has 0 fully saturated rings. The van der Waals surface area contributed by atoms with Crippen LogP contribution in [0.1, 0.15) is 31.7 Å². The van der Waals surface area contributed by atoms with E-state index in [0.29, 0.717) is 6.61 Å². The molecule has 0 aromatic heterocycles. The summed E-state index contributed by atoms with van der Waals surface area (Å²) >= 11 is 3.46. The Morgan fingerprint density at radius 2 is 1.76 bits per heavy atom. The van der Waals surface area contributed by atoms with Crippen LogP contribution in [0.4, 0.5) is 0 Å². The molecule has 3 heteroatoms. The zero-order chi connectivity index (χ0) is 15.1. The summed E-state index contributed by atoms with van der Waals surface area (Å²) < 4.78 is 11.8. The molecule has 0 atom stereocenters. The molecule has 0 aliphatic rings. The van der Waals surface area contributed by atoms with E-state index in [4.69, 9.17) is 9.47 Å². The summed E-state index contributed by atoms with van der Waals surface area (Å²) in [5.41, 5.74) is 1.13. The van der Waals surface area contributed by atoms with Crippen molar-refractivity contribution in [3.8, 4) is 11.5 Å². The molecule has 0 saturated carbocycles. The van der Waals surface area contributed by atoms with E-state index < -0.39 is 0 Å². The van der Waals surface area contributed by atoms with Crippen LogP contribution in [-0.4, -0.2) is 18.5 Å². The summed E-state index contributed by atoms with van der Waals surface area (Å²) in [5.74, 6) is 1.94. The molecule has 0 heterocycles. The molecule has 0 N–H and O–H groups in total. The SMILES string of the molecule is CCOc1c(C)cc(OCCCCCBr)c2ccccc12. The van der Waals surface area contributed by atoms with Gasteiger partial charge in [0.25, 0.3) is 0 Å². The molecular weight excluding hydrogens is 328 g/mol. The third-order valence-corrected chi connectivity index (χ3v) is 4.03. The van der Waals surface area contributed by atoms with Crippen molar-refractivity contribution in [3.05, 3.63) is 35.9 Å². The highest BCUT2D eigenvalue weighted by atomic mass is 79.9. The number of aryl methyl sites for hydroxylation is 1. The van der Waals surface area contributed by atoms with Gasteiger partial charge in [-0.2, -0.15) is 0 Å². The average Bonchev–Trinajstić information content (AvgIpc) is 2.50. The number of unbranched alkanes of at least 4 members (excludes halogenated alkanes) is 2. The van der Waals surface area contributed by atoms with Gasteiger partial charge in [0.2, 0.25) is 0 Å².